The van der Waals surface area contributed by atoms with Crippen LogP contribution in [0.25, 0.3) is 11.4 Å². The topological polar surface area (TPSA) is 9.86 Å². The molecule has 7 heteroatoms. The number of aryl methyl sites for hydroxylation is 6. The number of hydrogen-bond acceptors (Lipinski definition) is 1. The van der Waals surface area contributed by atoms with E-state index in [0.29, 0.717) is 17.0 Å². The molecule has 0 saturated heterocycles. The van der Waals surface area contributed by atoms with Crippen LogP contribution in [-0.4, -0.2) is 30.7 Å². The second kappa shape index (κ2) is 15.7. The zero-order valence-corrected chi connectivity index (χ0v) is 38.9. The molecule has 4 aromatic rings. The summed E-state index contributed by atoms with van der Waals surface area (Å²) in [6.07, 6.45) is 19.9. The first-order valence-corrected chi connectivity index (χ1v) is 32.6. The molecule has 2 heterocycles. The number of aromatic nitrogens is 2. The molecule has 0 spiro atoms. The quantitative estimate of drug-likeness (QED) is 0.129. The van der Waals surface area contributed by atoms with Crippen LogP contribution in [0.5, 0.6) is 0 Å². The van der Waals surface area contributed by atoms with E-state index in [1.165, 1.54) is 161 Å². The number of halogens is 2. The first-order chi connectivity index (χ1) is 25.3. The van der Waals surface area contributed by atoms with Crippen LogP contribution >= 0.6 is 36.3 Å². The van der Waals surface area contributed by atoms with E-state index >= 15 is 0 Å². The van der Waals surface area contributed by atoms with Crippen LogP contribution in [0.3, 0.4) is 0 Å². The molecule has 0 unspecified atom stereocenters. The van der Waals surface area contributed by atoms with Gasteiger partial charge in [-0.15, -0.1) is 0 Å². The molecule has 0 bridgehead atoms. The van der Waals surface area contributed by atoms with Crippen LogP contribution in [0.4, 0.5) is 0 Å². The van der Waals surface area contributed by atoms with Crippen molar-refractivity contribution in [2.24, 2.45) is 0 Å². The van der Waals surface area contributed by atoms with Gasteiger partial charge in [-0.3, -0.25) is 0 Å². The maximum atomic E-state index is 9.62. The zero-order valence-electron chi connectivity index (χ0n) is 33.9. The van der Waals surface area contributed by atoms with Gasteiger partial charge in [0.1, 0.15) is 0 Å². The number of nitrogens with zero attached hydrogens (tertiary/aromatic N) is 2. The van der Waals surface area contributed by atoms with Crippen LogP contribution in [0.1, 0.15) is 146 Å². The molecule has 2 aromatic heterocycles. The number of rotatable bonds is 7. The monoisotopic (exact) mass is 881 g/mol. The molecule has 3 aliphatic rings. The van der Waals surface area contributed by atoms with Crippen molar-refractivity contribution in [1.29, 1.82) is 0 Å². The Kier molecular flexibility index (Phi) is 11.8. The van der Waals surface area contributed by atoms with E-state index in [0.717, 1.165) is 0 Å². The van der Waals surface area contributed by atoms with Gasteiger partial charge < -0.3 is 0 Å². The van der Waals surface area contributed by atoms with Gasteiger partial charge in [-0.2, -0.15) is 0 Å². The van der Waals surface area contributed by atoms with E-state index in [9.17, 15) is 19.4 Å². The summed E-state index contributed by atoms with van der Waals surface area (Å²) in [6, 6.07) is 14.1. The summed E-state index contributed by atoms with van der Waals surface area (Å²) in [5.41, 5.74) is 12.3. The van der Waals surface area contributed by atoms with Gasteiger partial charge in [0, 0.05) is 0 Å². The maximum absolute atomic E-state index is 9.62. The molecule has 53 heavy (non-hydrogen) atoms. The number of benzene rings is 2. The predicted octanol–water partition coefficient (Wildman–Crippen LogP) is 14.8. The summed E-state index contributed by atoms with van der Waals surface area (Å²) >= 11 is 1.85. The van der Waals surface area contributed by atoms with Crippen LogP contribution in [0.15, 0.2) is 41.8 Å². The van der Waals surface area contributed by atoms with E-state index in [1.807, 2.05) is 11.3 Å². The van der Waals surface area contributed by atoms with Crippen molar-refractivity contribution in [3.63, 3.8) is 0 Å². The molecule has 293 valence electrons. The van der Waals surface area contributed by atoms with E-state index < -0.39 is 15.8 Å². The van der Waals surface area contributed by atoms with Gasteiger partial charge in [0.15, 0.2) is 0 Å². The fourth-order valence-corrected chi connectivity index (χ4v) is 61.3. The van der Waals surface area contributed by atoms with E-state index in [2.05, 4.69) is 111 Å². The summed E-state index contributed by atoms with van der Waals surface area (Å²) < 4.78 is 9.30. The minimum absolute atomic E-state index is 0.650. The fourth-order valence-electron chi connectivity index (χ4n) is 11.8. The predicted molar refractivity (Wildman–Crippen MR) is 236 cm³/mol. The SMILES string of the molecule is Cc1cc(C)c(-n2c(C)c(C)n(-c3c(C)cc(C)cc3C)[c]2=[Ru]([Cl])([Cl])(=[CH]c2cccs2)[PH](C2CCCCC2)(C2CCCCC2)C2CCCCC2)c(C)c1. The summed E-state index contributed by atoms with van der Waals surface area (Å²) in [6.45, 7) is 18.5. The Hall–Kier alpha value is -1.15. The molecule has 0 atom stereocenters. The van der Waals surface area contributed by atoms with Crippen LogP contribution in [0, 0.1) is 59.4 Å². The molecular formula is C46H66Cl2N2PRuS. The summed E-state index contributed by atoms with van der Waals surface area (Å²) in [4.78, 5) is 1.28. The Labute approximate surface area is 333 Å². The third-order valence-electron chi connectivity index (χ3n) is 13.6. The summed E-state index contributed by atoms with van der Waals surface area (Å²) in [5, 5.41) is 2.25. The van der Waals surface area contributed by atoms with Crippen molar-refractivity contribution in [1.82, 2.24) is 9.13 Å². The van der Waals surface area contributed by atoms with Crippen LogP contribution < -0.4 is 0 Å². The van der Waals surface area contributed by atoms with E-state index in [-0.39, 0.29) is 0 Å². The van der Waals surface area contributed by atoms with Gasteiger partial charge >= 0.3 is 336 Å². The first kappa shape index (κ1) is 40.1. The molecule has 3 saturated carbocycles. The van der Waals surface area contributed by atoms with Crippen LogP contribution in [0.2, 0.25) is 0 Å². The number of imidazole rings is 1. The third kappa shape index (κ3) is 6.77. The van der Waals surface area contributed by atoms with Gasteiger partial charge in [0.25, 0.3) is 0 Å². The number of thiophene rings is 1. The molecule has 3 aliphatic carbocycles. The Morgan fingerprint density at radius 3 is 1.26 bits per heavy atom. The molecule has 0 radical (unpaired) electrons. The Balaban J connectivity index is 1.87. The molecule has 7 rings (SSSR count). The fraction of sp³-hybridized carbons (Fsp3) is 0.565. The van der Waals surface area contributed by atoms with Crippen molar-refractivity contribution < 1.29 is 10.2 Å². The average molecular weight is 882 g/mol. The molecular weight excluding hydrogens is 816 g/mol. The van der Waals surface area contributed by atoms with Gasteiger partial charge in [-0.05, 0) is 0 Å². The molecule has 2 nitrogen and oxygen atoms in total. The van der Waals surface area contributed by atoms with Gasteiger partial charge in [-0.1, -0.05) is 0 Å². The Morgan fingerprint density at radius 2 is 0.943 bits per heavy atom. The Bertz CT molecular complexity index is 1990. The summed E-state index contributed by atoms with van der Waals surface area (Å²) in [5.74, 6) is 0. The molecule has 0 N–H and O–H groups in total. The number of hydrogen-bond donors (Lipinski definition) is 0. The second-order valence-corrected chi connectivity index (χ2v) is 46.3. The van der Waals surface area contributed by atoms with E-state index in [4.69, 9.17) is 0 Å². The first-order valence-electron chi connectivity index (χ1n) is 20.7. The van der Waals surface area contributed by atoms with Crippen LogP contribution in [-0.2, 0) is 10.2 Å². The van der Waals surface area contributed by atoms with E-state index in [1.54, 1.807) is 0 Å². The summed E-state index contributed by atoms with van der Waals surface area (Å²) in [7, 11) is 14.2. The van der Waals surface area contributed by atoms with Crippen molar-refractivity contribution in [3.05, 3.63) is 95.4 Å². The third-order valence-corrected chi connectivity index (χ3v) is 51.7. The van der Waals surface area contributed by atoms with Gasteiger partial charge in [0.2, 0.25) is 0 Å². The average Bonchev–Trinajstić information content (AvgIpc) is 3.71. The van der Waals surface area contributed by atoms with Gasteiger partial charge in [0.05, 0.1) is 0 Å². The van der Waals surface area contributed by atoms with Crippen molar-refractivity contribution in [2.45, 2.75) is 169 Å². The second-order valence-electron chi connectivity index (χ2n) is 17.3. The van der Waals surface area contributed by atoms with Crippen molar-refractivity contribution in [2.75, 3.05) is 0 Å². The van der Waals surface area contributed by atoms with Gasteiger partial charge in [-0.25, -0.2) is 0 Å². The van der Waals surface area contributed by atoms with Crippen molar-refractivity contribution >= 4 is 40.9 Å². The van der Waals surface area contributed by atoms with Crippen molar-refractivity contribution in [3.8, 4) is 11.4 Å². The normalized spacial score (nSPS) is 19.6. The zero-order chi connectivity index (χ0) is 37.7. The minimum atomic E-state index is -4.99. The molecule has 2 aromatic carbocycles. The Morgan fingerprint density at radius 1 is 0.585 bits per heavy atom. The molecule has 3 fully saturated rings. The standard InChI is InChI=1S/C23H28N2.C18H33P.C5H4S.2ClH.Ru/c1-14-9-16(3)22(17(4)10-14)24-13-25(21(8)20(24)7)23-18(5)11-15(2)12-19(23)6;1-4-10-16(11-5-1)19(17-12-6-2-7-13-17)18-14-8-3-9-15-18;1-5-3-2-4-6-5;;;/h9-12H,1-8H3;16-18H,1-15H2;1-4H;2*1H;/q;;;;;+1/p-1. The molecule has 0 aliphatic heterocycles. The molecule has 0 amide bonds.